The van der Waals surface area contributed by atoms with E-state index in [1.165, 1.54) is 10.5 Å². The van der Waals surface area contributed by atoms with Crippen LogP contribution in [0.2, 0.25) is 0 Å². The molecule has 2 saturated heterocycles. The van der Waals surface area contributed by atoms with Gasteiger partial charge in [0, 0.05) is 12.1 Å². The van der Waals surface area contributed by atoms with Gasteiger partial charge in [-0.25, -0.2) is 4.79 Å². The second kappa shape index (κ2) is 9.93. The summed E-state index contributed by atoms with van der Waals surface area (Å²) in [5.41, 5.74) is 1.05. The van der Waals surface area contributed by atoms with E-state index in [9.17, 15) is 9.59 Å². The summed E-state index contributed by atoms with van der Waals surface area (Å²) in [6, 6.07) is 13.2. The highest BCUT2D eigenvalue weighted by Crippen LogP contribution is 2.36. The Hall–Kier alpha value is -3.26. The number of ether oxygens (including phenoxy) is 3. The van der Waals surface area contributed by atoms with Crippen LogP contribution in [0.15, 0.2) is 42.5 Å². The molecule has 8 heteroatoms. The van der Waals surface area contributed by atoms with Crippen molar-refractivity contribution in [2.45, 2.75) is 38.4 Å². The first-order chi connectivity index (χ1) is 16.4. The Morgan fingerprint density at radius 3 is 2.26 bits per heavy atom. The minimum Gasteiger partial charge on any atom is -0.497 e. The normalized spacial score (nSPS) is 21.5. The van der Waals surface area contributed by atoms with E-state index in [0.717, 1.165) is 43.8 Å². The molecule has 2 aliphatic heterocycles. The van der Waals surface area contributed by atoms with E-state index in [0.29, 0.717) is 11.5 Å². The van der Waals surface area contributed by atoms with Crippen molar-refractivity contribution >= 4 is 11.9 Å². The Balaban J connectivity index is 1.40. The number of imide groups is 1. The van der Waals surface area contributed by atoms with Crippen LogP contribution < -0.4 is 19.5 Å². The standard InChI is InChI=1S/C26H33N3O5/c1-26(20-12-14-28(15-13-20)16-18-8-10-21(32-2)11-9-18)24(30)29(25(31)27-26)17-19-6-5-7-22(33-3)23(19)34-4/h5-11,20H,12-17H2,1-4H3,(H,27,31)/t26-/m0/s1. The molecule has 0 spiro atoms. The molecular formula is C26H33N3O5. The smallest absolute Gasteiger partial charge is 0.325 e. The van der Waals surface area contributed by atoms with Crippen LogP contribution in [0.5, 0.6) is 17.2 Å². The molecule has 2 aromatic rings. The van der Waals surface area contributed by atoms with Crippen LogP contribution in [0.1, 0.15) is 30.9 Å². The Morgan fingerprint density at radius 2 is 1.65 bits per heavy atom. The van der Waals surface area contributed by atoms with Gasteiger partial charge in [-0.2, -0.15) is 0 Å². The van der Waals surface area contributed by atoms with E-state index in [1.54, 1.807) is 27.4 Å². The molecule has 3 amide bonds. The summed E-state index contributed by atoms with van der Waals surface area (Å²) in [4.78, 5) is 30.0. The van der Waals surface area contributed by atoms with Crippen LogP contribution in [-0.2, 0) is 17.9 Å². The number of carbonyl (C=O) groups excluding carboxylic acids is 2. The number of piperidine rings is 1. The minimum absolute atomic E-state index is 0.0771. The van der Waals surface area contributed by atoms with Gasteiger partial charge in [-0.1, -0.05) is 24.3 Å². The van der Waals surface area contributed by atoms with E-state index >= 15 is 0 Å². The number of benzene rings is 2. The Kier molecular flexibility index (Phi) is 6.97. The summed E-state index contributed by atoms with van der Waals surface area (Å²) >= 11 is 0. The van der Waals surface area contributed by atoms with E-state index in [-0.39, 0.29) is 24.4 Å². The van der Waals surface area contributed by atoms with Crippen molar-refractivity contribution in [1.82, 2.24) is 15.1 Å². The van der Waals surface area contributed by atoms with Crippen molar-refractivity contribution in [1.29, 1.82) is 0 Å². The fraction of sp³-hybridized carbons (Fsp3) is 0.462. The first kappa shape index (κ1) is 23.9. The number of methoxy groups -OCH3 is 3. The van der Waals surface area contributed by atoms with Crippen LogP contribution in [-0.4, -0.2) is 61.7 Å². The molecule has 34 heavy (non-hydrogen) atoms. The number of amides is 3. The van der Waals surface area contributed by atoms with Crippen LogP contribution in [0.4, 0.5) is 4.79 Å². The molecule has 0 radical (unpaired) electrons. The van der Waals surface area contributed by atoms with Crippen molar-refractivity contribution in [2.75, 3.05) is 34.4 Å². The number of rotatable bonds is 8. The van der Waals surface area contributed by atoms with Crippen molar-refractivity contribution in [3.63, 3.8) is 0 Å². The highest BCUT2D eigenvalue weighted by atomic mass is 16.5. The highest BCUT2D eigenvalue weighted by molar-refractivity contribution is 6.07. The Labute approximate surface area is 200 Å². The van der Waals surface area contributed by atoms with E-state index < -0.39 is 5.54 Å². The lowest BCUT2D eigenvalue weighted by Gasteiger charge is -2.39. The average Bonchev–Trinajstić information content (AvgIpc) is 3.08. The lowest BCUT2D eigenvalue weighted by Crippen LogP contribution is -2.53. The summed E-state index contributed by atoms with van der Waals surface area (Å²) in [6.45, 7) is 4.60. The van der Waals surface area contributed by atoms with Crippen LogP contribution in [0, 0.1) is 5.92 Å². The maximum Gasteiger partial charge on any atom is 0.325 e. The fourth-order valence-electron chi connectivity index (χ4n) is 5.04. The minimum atomic E-state index is -0.907. The van der Waals surface area contributed by atoms with Crippen LogP contribution in [0.3, 0.4) is 0 Å². The largest absolute Gasteiger partial charge is 0.497 e. The number of nitrogens with one attached hydrogen (secondary N) is 1. The molecule has 8 nitrogen and oxygen atoms in total. The Bertz CT molecular complexity index is 1030. The molecule has 0 unspecified atom stereocenters. The number of hydrogen-bond acceptors (Lipinski definition) is 6. The van der Waals surface area contributed by atoms with E-state index in [1.807, 2.05) is 31.2 Å². The Morgan fingerprint density at radius 1 is 0.941 bits per heavy atom. The maximum atomic E-state index is 13.5. The average molecular weight is 468 g/mol. The number of hydrogen-bond donors (Lipinski definition) is 1. The molecule has 1 N–H and O–H groups in total. The predicted octanol–water partition coefficient (Wildman–Crippen LogP) is 3.44. The summed E-state index contributed by atoms with van der Waals surface area (Å²) < 4.78 is 16.1. The lowest BCUT2D eigenvalue weighted by molar-refractivity contribution is -0.133. The van der Waals surface area contributed by atoms with Crippen molar-refractivity contribution in [3.8, 4) is 17.2 Å². The van der Waals surface area contributed by atoms with Crippen molar-refractivity contribution in [3.05, 3.63) is 53.6 Å². The van der Waals surface area contributed by atoms with Crippen LogP contribution in [0.25, 0.3) is 0 Å². The molecule has 2 heterocycles. The molecule has 0 aliphatic carbocycles. The van der Waals surface area contributed by atoms with Crippen LogP contribution >= 0.6 is 0 Å². The summed E-state index contributed by atoms with van der Waals surface area (Å²) in [7, 11) is 4.78. The molecule has 1 atom stereocenters. The van der Waals surface area contributed by atoms with Gasteiger partial charge in [0.15, 0.2) is 11.5 Å². The van der Waals surface area contributed by atoms with Gasteiger partial charge in [0.25, 0.3) is 5.91 Å². The molecule has 2 fully saturated rings. The number of para-hydroxylation sites is 1. The molecule has 182 valence electrons. The number of nitrogens with zero attached hydrogens (tertiary/aromatic N) is 2. The van der Waals surface area contributed by atoms with Gasteiger partial charge in [-0.05, 0) is 62.5 Å². The molecule has 0 bridgehead atoms. The van der Waals surface area contributed by atoms with E-state index in [2.05, 4.69) is 22.3 Å². The van der Waals surface area contributed by atoms with Crippen molar-refractivity contribution < 1.29 is 23.8 Å². The van der Waals surface area contributed by atoms with Gasteiger partial charge in [0.1, 0.15) is 11.3 Å². The summed E-state index contributed by atoms with van der Waals surface area (Å²) in [5, 5.41) is 3.00. The van der Waals surface area contributed by atoms with Gasteiger partial charge in [0.2, 0.25) is 0 Å². The van der Waals surface area contributed by atoms with Gasteiger partial charge in [-0.15, -0.1) is 0 Å². The topological polar surface area (TPSA) is 80.3 Å². The zero-order valence-corrected chi connectivity index (χ0v) is 20.3. The first-order valence-corrected chi connectivity index (χ1v) is 11.6. The second-order valence-electron chi connectivity index (χ2n) is 9.07. The third-order valence-corrected chi connectivity index (χ3v) is 7.08. The lowest BCUT2D eigenvalue weighted by atomic mass is 9.79. The van der Waals surface area contributed by atoms with Gasteiger partial charge in [-0.3, -0.25) is 14.6 Å². The second-order valence-corrected chi connectivity index (χ2v) is 9.07. The highest BCUT2D eigenvalue weighted by Gasteiger charge is 2.52. The quantitative estimate of drug-likeness (QED) is 0.599. The summed E-state index contributed by atoms with van der Waals surface area (Å²) in [6.07, 6.45) is 1.68. The molecular weight excluding hydrogens is 434 g/mol. The van der Waals surface area contributed by atoms with Gasteiger partial charge in [0.05, 0.1) is 27.9 Å². The molecule has 4 rings (SSSR count). The zero-order valence-electron chi connectivity index (χ0n) is 20.3. The van der Waals surface area contributed by atoms with E-state index in [4.69, 9.17) is 14.2 Å². The number of likely N-dealkylation sites (tertiary alicyclic amines) is 1. The monoisotopic (exact) mass is 467 g/mol. The molecule has 0 saturated carbocycles. The number of urea groups is 1. The third kappa shape index (κ3) is 4.55. The predicted molar refractivity (Wildman–Crippen MR) is 128 cm³/mol. The molecule has 2 aromatic carbocycles. The zero-order chi connectivity index (χ0) is 24.3. The summed E-state index contributed by atoms with van der Waals surface area (Å²) in [5.74, 6) is 1.84. The molecule has 2 aliphatic rings. The number of carbonyl (C=O) groups is 2. The van der Waals surface area contributed by atoms with Gasteiger partial charge < -0.3 is 19.5 Å². The van der Waals surface area contributed by atoms with Crippen molar-refractivity contribution in [2.24, 2.45) is 5.92 Å². The maximum absolute atomic E-state index is 13.5. The molecule has 0 aromatic heterocycles. The van der Waals surface area contributed by atoms with Gasteiger partial charge >= 0.3 is 6.03 Å². The fourth-order valence-corrected chi connectivity index (χ4v) is 5.04. The third-order valence-electron chi connectivity index (χ3n) is 7.08. The first-order valence-electron chi connectivity index (χ1n) is 11.6. The SMILES string of the molecule is COc1ccc(CN2CCC([C@]3(C)NC(=O)N(Cc4cccc(OC)c4OC)C3=O)CC2)cc1.